The van der Waals surface area contributed by atoms with Gasteiger partial charge in [-0.15, -0.1) is 22.5 Å². The zero-order chi connectivity index (χ0) is 16.1. The Hall–Kier alpha value is -3.08. The lowest BCUT2D eigenvalue weighted by Crippen LogP contribution is -2.28. The summed E-state index contributed by atoms with van der Waals surface area (Å²) in [5.41, 5.74) is 0.880. The van der Waals surface area contributed by atoms with Crippen molar-refractivity contribution in [3.63, 3.8) is 0 Å². The van der Waals surface area contributed by atoms with E-state index in [2.05, 4.69) is 42.1 Å². The topological polar surface area (TPSA) is 108 Å². The van der Waals surface area contributed by atoms with Crippen LogP contribution in [0.4, 0.5) is 0 Å². The second-order valence-corrected chi connectivity index (χ2v) is 5.21. The number of carbonyl (C=O) groups is 1. The summed E-state index contributed by atoms with van der Waals surface area (Å²) in [7, 11) is 0. The van der Waals surface area contributed by atoms with Crippen LogP contribution in [0.3, 0.4) is 0 Å². The fourth-order valence-corrected chi connectivity index (χ4v) is 2.23. The molecule has 1 aliphatic heterocycles. The predicted octanol–water partition coefficient (Wildman–Crippen LogP) is 1.56. The molecule has 2 heterocycles. The van der Waals surface area contributed by atoms with Gasteiger partial charge in [-0.05, 0) is 17.3 Å². The molecular formula is C15H15N7O. The Labute approximate surface area is 132 Å². The maximum atomic E-state index is 12.2. The van der Waals surface area contributed by atoms with Crippen molar-refractivity contribution < 1.29 is 4.79 Å². The first-order valence-electron chi connectivity index (χ1n) is 7.22. The standard InChI is InChI=1S/C15H15N7O/c1-2-3-7-15(19-20-15)8-9-16-14(23)12-6-4-5-11(10-12)13-17-21-22-18-13/h1,4-6,10H,3,7-9H2,(H,16,23)(H,17,18,21,22). The van der Waals surface area contributed by atoms with Crippen LogP contribution in [0.1, 0.15) is 29.6 Å². The molecule has 0 spiro atoms. The number of benzene rings is 1. The number of terminal acetylenes is 1. The van der Waals surface area contributed by atoms with Crippen LogP contribution >= 0.6 is 0 Å². The van der Waals surface area contributed by atoms with Gasteiger partial charge >= 0.3 is 0 Å². The smallest absolute Gasteiger partial charge is 0.251 e. The minimum Gasteiger partial charge on any atom is -0.352 e. The van der Waals surface area contributed by atoms with Crippen LogP contribution in [-0.2, 0) is 0 Å². The van der Waals surface area contributed by atoms with E-state index in [1.54, 1.807) is 18.2 Å². The van der Waals surface area contributed by atoms with Crippen molar-refractivity contribution in [2.75, 3.05) is 6.54 Å². The number of hydrogen-bond acceptors (Lipinski definition) is 6. The van der Waals surface area contributed by atoms with Crippen molar-refractivity contribution in [3.05, 3.63) is 29.8 Å². The number of nitrogens with one attached hydrogen (secondary N) is 2. The number of nitrogens with zero attached hydrogens (tertiary/aromatic N) is 5. The SMILES string of the molecule is C#CCCC1(CCNC(=O)c2cccc(-c3nn[nH]n3)c2)N=N1. The van der Waals surface area contributed by atoms with Crippen LogP contribution in [0, 0.1) is 12.3 Å². The fourth-order valence-electron chi connectivity index (χ4n) is 2.23. The molecule has 23 heavy (non-hydrogen) atoms. The van der Waals surface area contributed by atoms with Crippen LogP contribution in [0.2, 0.25) is 0 Å². The van der Waals surface area contributed by atoms with E-state index >= 15 is 0 Å². The molecule has 0 fully saturated rings. The van der Waals surface area contributed by atoms with E-state index in [-0.39, 0.29) is 11.6 Å². The van der Waals surface area contributed by atoms with Crippen molar-refractivity contribution in [3.8, 4) is 23.7 Å². The average Bonchev–Trinajstić information content (AvgIpc) is 3.12. The minimum atomic E-state index is -0.383. The summed E-state index contributed by atoms with van der Waals surface area (Å²) >= 11 is 0. The number of aromatic nitrogens is 4. The Morgan fingerprint density at radius 3 is 2.91 bits per heavy atom. The van der Waals surface area contributed by atoms with E-state index < -0.39 is 0 Å². The third-order valence-electron chi connectivity index (χ3n) is 3.59. The molecule has 1 aromatic carbocycles. The lowest BCUT2D eigenvalue weighted by Gasteiger charge is -2.10. The van der Waals surface area contributed by atoms with Crippen molar-refractivity contribution in [2.24, 2.45) is 10.2 Å². The highest BCUT2D eigenvalue weighted by Gasteiger charge is 2.38. The highest BCUT2D eigenvalue weighted by molar-refractivity contribution is 5.95. The maximum Gasteiger partial charge on any atom is 0.251 e. The molecule has 0 saturated carbocycles. The zero-order valence-corrected chi connectivity index (χ0v) is 12.4. The van der Waals surface area contributed by atoms with Gasteiger partial charge in [-0.25, -0.2) is 0 Å². The summed E-state index contributed by atoms with van der Waals surface area (Å²) in [5.74, 6) is 2.87. The predicted molar refractivity (Wildman–Crippen MR) is 82.2 cm³/mol. The third-order valence-corrected chi connectivity index (χ3v) is 3.59. The van der Waals surface area contributed by atoms with Gasteiger partial charge in [0.1, 0.15) is 0 Å². The molecule has 8 nitrogen and oxygen atoms in total. The van der Waals surface area contributed by atoms with Crippen LogP contribution in [-0.4, -0.2) is 38.7 Å². The van der Waals surface area contributed by atoms with Gasteiger partial charge in [0.05, 0.1) is 0 Å². The van der Waals surface area contributed by atoms with E-state index in [4.69, 9.17) is 6.42 Å². The molecule has 116 valence electrons. The first kappa shape index (κ1) is 14.8. The van der Waals surface area contributed by atoms with Crippen LogP contribution in [0.25, 0.3) is 11.4 Å². The van der Waals surface area contributed by atoms with Crippen molar-refractivity contribution in [1.82, 2.24) is 25.9 Å². The van der Waals surface area contributed by atoms with Gasteiger partial charge in [-0.1, -0.05) is 12.1 Å². The van der Waals surface area contributed by atoms with Gasteiger partial charge in [0, 0.05) is 36.9 Å². The highest BCUT2D eigenvalue weighted by Crippen LogP contribution is 2.36. The van der Waals surface area contributed by atoms with E-state index in [0.29, 0.717) is 30.8 Å². The Morgan fingerprint density at radius 2 is 2.22 bits per heavy atom. The van der Waals surface area contributed by atoms with E-state index in [1.807, 2.05) is 6.07 Å². The van der Waals surface area contributed by atoms with Crippen LogP contribution in [0.15, 0.2) is 34.5 Å². The summed E-state index contributed by atoms with van der Waals surface area (Å²) in [6.45, 7) is 0.489. The lowest BCUT2D eigenvalue weighted by atomic mass is 10.0. The molecule has 0 radical (unpaired) electrons. The number of aromatic amines is 1. The zero-order valence-electron chi connectivity index (χ0n) is 12.4. The molecule has 2 N–H and O–H groups in total. The molecule has 0 atom stereocenters. The second kappa shape index (κ2) is 6.36. The van der Waals surface area contributed by atoms with Crippen LogP contribution < -0.4 is 5.32 Å². The number of tetrazole rings is 1. The fraction of sp³-hybridized carbons (Fsp3) is 0.333. The Kier molecular flexibility index (Phi) is 4.10. The van der Waals surface area contributed by atoms with Gasteiger partial charge < -0.3 is 5.32 Å². The Morgan fingerprint density at radius 1 is 1.35 bits per heavy atom. The number of hydrogen-bond donors (Lipinski definition) is 2. The Balaban J connectivity index is 1.55. The number of rotatable bonds is 7. The lowest BCUT2D eigenvalue weighted by molar-refractivity contribution is 0.0952. The molecule has 2 aromatic rings. The van der Waals surface area contributed by atoms with Gasteiger partial charge in [-0.2, -0.15) is 15.4 Å². The summed E-state index contributed by atoms with van der Waals surface area (Å²) in [4.78, 5) is 12.2. The van der Waals surface area contributed by atoms with E-state index in [9.17, 15) is 4.79 Å². The molecule has 3 rings (SSSR count). The molecule has 0 bridgehead atoms. The van der Waals surface area contributed by atoms with Crippen molar-refractivity contribution in [1.29, 1.82) is 0 Å². The second-order valence-electron chi connectivity index (χ2n) is 5.21. The molecular weight excluding hydrogens is 294 g/mol. The molecule has 0 saturated heterocycles. The van der Waals surface area contributed by atoms with E-state index in [0.717, 1.165) is 12.0 Å². The highest BCUT2D eigenvalue weighted by atomic mass is 16.1. The molecule has 0 aliphatic carbocycles. The molecule has 1 aliphatic rings. The number of carbonyl (C=O) groups excluding carboxylic acids is 1. The summed E-state index contributed by atoms with van der Waals surface area (Å²) in [6, 6.07) is 7.05. The maximum absolute atomic E-state index is 12.2. The Bertz CT molecular complexity index is 754. The molecule has 1 aromatic heterocycles. The monoisotopic (exact) mass is 309 g/mol. The normalized spacial score (nSPS) is 14.2. The third kappa shape index (κ3) is 3.58. The average molecular weight is 309 g/mol. The number of amides is 1. The van der Waals surface area contributed by atoms with Crippen molar-refractivity contribution >= 4 is 5.91 Å². The number of H-pyrrole nitrogens is 1. The van der Waals surface area contributed by atoms with Gasteiger partial charge in [0.25, 0.3) is 5.91 Å². The summed E-state index contributed by atoms with van der Waals surface area (Å²) in [5, 5.41) is 24.6. The van der Waals surface area contributed by atoms with Gasteiger partial charge in [0.15, 0.2) is 5.66 Å². The first-order chi connectivity index (χ1) is 11.2. The summed E-state index contributed by atoms with van der Waals surface area (Å²) in [6.07, 6.45) is 7.27. The first-order valence-corrected chi connectivity index (χ1v) is 7.22. The molecule has 8 heteroatoms. The summed E-state index contributed by atoms with van der Waals surface area (Å²) < 4.78 is 0. The largest absolute Gasteiger partial charge is 0.352 e. The minimum absolute atomic E-state index is 0.164. The molecule has 1 amide bonds. The van der Waals surface area contributed by atoms with Gasteiger partial charge in [-0.3, -0.25) is 4.79 Å². The van der Waals surface area contributed by atoms with E-state index in [1.165, 1.54) is 0 Å². The quantitative estimate of drug-likeness (QED) is 0.756. The molecule has 0 unspecified atom stereocenters. The van der Waals surface area contributed by atoms with Gasteiger partial charge in [0.2, 0.25) is 5.82 Å². The van der Waals surface area contributed by atoms with Crippen molar-refractivity contribution in [2.45, 2.75) is 24.9 Å². The van der Waals surface area contributed by atoms with Crippen LogP contribution in [0.5, 0.6) is 0 Å².